The molecule has 24 heavy (non-hydrogen) atoms. The van der Waals surface area contributed by atoms with Crippen molar-refractivity contribution in [3.63, 3.8) is 0 Å². The quantitative estimate of drug-likeness (QED) is 0.834. The first kappa shape index (κ1) is 16.3. The zero-order valence-corrected chi connectivity index (χ0v) is 14.1. The van der Waals surface area contributed by atoms with Crippen molar-refractivity contribution >= 4 is 5.78 Å². The van der Waals surface area contributed by atoms with Crippen LogP contribution >= 0.6 is 0 Å². The molecular weight excluding hydrogens is 300 g/mol. The van der Waals surface area contributed by atoms with E-state index in [1.807, 2.05) is 30.3 Å². The second-order valence-corrected chi connectivity index (χ2v) is 6.09. The Bertz CT molecular complexity index is 717. The molecule has 0 spiro atoms. The largest absolute Gasteiger partial charge is 0.501 e. The summed E-state index contributed by atoms with van der Waals surface area (Å²) in [4.78, 5) is 12.3. The van der Waals surface area contributed by atoms with Gasteiger partial charge in [0.25, 0.3) is 0 Å². The van der Waals surface area contributed by atoms with Gasteiger partial charge in [0.1, 0.15) is 5.75 Å². The van der Waals surface area contributed by atoms with E-state index in [9.17, 15) is 4.79 Å². The van der Waals surface area contributed by atoms with Gasteiger partial charge in [-0.25, -0.2) is 0 Å². The van der Waals surface area contributed by atoms with Crippen LogP contribution < -0.4 is 4.74 Å². The smallest absolute Gasteiger partial charge is 0.159 e. The Balaban J connectivity index is 2.01. The van der Waals surface area contributed by atoms with Gasteiger partial charge in [0.05, 0.1) is 20.0 Å². The van der Waals surface area contributed by atoms with E-state index in [2.05, 4.69) is 24.3 Å². The average Bonchev–Trinajstić information content (AvgIpc) is 2.81. The standard InChI is InChI=1S/C21H22O3/c1-23-18-10-8-16(9-11-18)21-14-19(24-2)12-17(22)13-20(21)15-6-4-3-5-7-15/h3-12,20-21H,13-14H2,1-2H3/t20-,21+/m1/s1. The summed E-state index contributed by atoms with van der Waals surface area (Å²) in [7, 11) is 3.30. The van der Waals surface area contributed by atoms with E-state index >= 15 is 0 Å². The molecule has 0 bridgehead atoms. The molecule has 0 radical (unpaired) electrons. The Morgan fingerprint density at radius 3 is 2.04 bits per heavy atom. The van der Waals surface area contributed by atoms with E-state index in [1.54, 1.807) is 20.3 Å². The van der Waals surface area contributed by atoms with Crippen LogP contribution in [0.1, 0.15) is 35.8 Å². The third-order valence-corrected chi connectivity index (χ3v) is 4.68. The van der Waals surface area contributed by atoms with Crippen molar-refractivity contribution in [1.29, 1.82) is 0 Å². The number of benzene rings is 2. The molecule has 1 aliphatic rings. The van der Waals surface area contributed by atoms with Crippen LogP contribution in [-0.2, 0) is 9.53 Å². The van der Waals surface area contributed by atoms with E-state index in [1.165, 1.54) is 11.1 Å². The van der Waals surface area contributed by atoms with Gasteiger partial charge in [0.2, 0.25) is 0 Å². The van der Waals surface area contributed by atoms with Crippen LogP contribution in [0.2, 0.25) is 0 Å². The lowest BCUT2D eigenvalue weighted by molar-refractivity contribution is -0.115. The summed E-state index contributed by atoms with van der Waals surface area (Å²) in [6, 6.07) is 18.4. The SMILES string of the molecule is COC1=CC(=O)C[C@H](c2ccccc2)[C@H](c2ccc(OC)cc2)C1. The second kappa shape index (κ2) is 7.35. The maximum atomic E-state index is 12.3. The summed E-state index contributed by atoms with van der Waals surface area (Å²) < 4.78 is 10.7. The highest BCUT2D eigenvalue weighted by atomic mass is 16.5. The van der Waals surface area contributed by atoms with E-state index in [0.29, 0.717) is 12.8 Å². The highest BCUT2D eigenvalue weighted by molar-refractivity contribution is 5.91. The Hall–Kier alpha value is -2.55. The number of allylic oxidation sites excluding steroid dienone is 2. The molecule has 0 aliphatic heterocycles. The number of ketones is 1. The summed E-state index contributed by atoms with van der Waals surface area (Å²) in [6.07, 6.45) is 2.86. The van der Waals surface area contributed by atoms with Crippen LogP contribution in [0.15, 0.2) is 66.4 Å². The van der Waals surface area contributed by atoms with Gasteiger partial charge in [0.15, 0.2) is 5.78 Å². The molecular formula is C21H22O3. The number of rotatable bonds is 4. The maximum absolute atomic E-state index is 12.3. The zero-order valence-electron chi connectivity index (χ0n) is 14.1. The maximum Gasteiger partial charge on any atom is 0.159 e. The van der Waals surface area contributed by atoms with Gasteiger partial charge >= 0.3 is 0 Å². The molecule has 0 N–H and O–H groups in total. The van der Waals surface area contributed by atoms with Crippen molar-refractivity contribution in [2.45, 2.75) is 24.7 Å². The Labute approximate surface area is 142 Å². The van der Waals surface area contributed by atoms with E-state index < -0.39 is 0 Å². The van der Waals surface area contributed by atoms with Crippen LogP contribution in [0, 0.1) is 0 Å². The fourth-order valence-electron chi connectivity index (χ4n) is 3.41. The highest BCUT2D eigenvalue weighted by Gasteiger charge is 2.30. The molecule has 0 amide bonds. The van der Waals surface area contributed by atoms with Gasteiger partial charge in [-0.15, -0.1) is 0 Å². The van der Waals surface area contributed by atoms with Crippen LogP contribution in [0.5, 0.6) is 5.75 Å². The first-order chi connectivity index (χ1) is 11.7. The third kappa shape index (κ3) is 3.51. The summed E-state index contributed by atoms with van der Waals surface area (Å²) in [5.41, 5.74) is 2.39. The Kier molecular flexibility index (Phi) is 4.99. The summed E-state index contributed by atoms with van der Waals surface area (Å²) in [5.74, 6) is 2.03. The van der Waals surface area contributed by atoms with Crippen molar-refractivity contribution in [2.24, 2.45) is 0 Å². The molecule has 0 aromatic heterocycles. The molecule has 2 aromatic carbocycles. The minimum atomic E-state index is 0.122. The van der Waals surface area contributed by atoms with Crippen LogP contribution in [0.3, 0.4) is 0 Å². The molecule has 3 heteroatoms. The number of carbonyl (C=O) groups is 1. The molecule has 3 rings (SSSR count). The molecule has 124 valence electrons. The number of hydrogen-bond donors (Lipinski definition) is 0. The summed E-state index contributed by atoms with van der Waals surface area (Å²) >= 11 is 0. The minimum absolute atomic E-state index is 0.122. The average molecular weight is 322 g/mol. The minimum Gasteiger partial charge on any atom is -0.501 e. The Morgan fingerprint density at radius 1 is 0.792 bits per heavy atom. The van der Waals surface area contributed by atoms with Crippen LogP contribution in [-0.4, -0.2) is 20.0 Å². The van der Waals surface area contributed by atoms with E-state index in [0.717, 1.165) is 11.5 Å². The van der Waals surface area contributed by atoms with Crippen molar-refractivity contribution in [2.75, 3.05) is 14.2 Å². The topological polar surface area (TPSA) is 35.5 Å². The van der Waals surface area contributed by atoms with Crippen LogP contribution in [0.4, 0.5) is 0 Å². The van der Waals surface area contributed by atoms with Crippen molar-refractivity contribution in [3.05, 3.63) is 77.6 Å². The molecule has 2 atom stereocenters. The van der Waals surface area contributed by atoms with Gasteiger partial charge in [-0.1, -0.05) is 42.5 Å². The molecule has 0 saturated heterocycles. The molecule has 2 aromatic rings. The summed E-state index contributed by atoms with van der Waals surface area (Å²) in [5, 5.41) is 0. The molecule has 0 saturated carbocycles. The van der Waals surface area contributed by atoms with Gasteiger partial charge in [-0.3, -0.25) is 4.79 Å². The lowest BCUT2D eigenvalue weighted by Crippen LogP contribution is -2.13. The summed E-state index contributed by atoms with van der Waals surface area (Å²) in [6.45, 7) is 0. The lowest BCUT2D eigenvalue weighted by atomic mass is 9.78. The third-order valence-electron chi connectivity index (χ3n) is 4.68. The fourth-order valence-corrected chi connectivity index (χ4v) is 3.41. The van der Waals surface area contributed by atoms with Gasteiger partial charge in [-0.2, -0.15) is 0 Å². The molecule has 1 aliphatic carbocycles. The zero-order chi connectivity index (χ0) is 16.9. The molecule has 0 fully saturated rings. The number of methoxy groups -OCH3 is 2. The fraction of sp³-hybridized carbons (Fsp3) is 0.286. The first-order valence-electron chi connectivity index (χ1n) is 8.17. The molecule has 0 unspecified atom stereocenters. The van der Waals surface area contributed by atoms with Gasteiger partial charge < -0.3 is 9.47 Å². The van der Waals surface area contributed by atoms with E-state index in [-0.39, 0.29) is 17.6 Å². The number of hydrogen-bond acceptors (Lipinski definition) is 3. The highest BCUT2D eigenvalue weighted by Crippen LogP contribution is 2.42. The van der Waals surface area contributed by atoms with Crippen LogP contribution in [0.25, 0.3) is 0 Å². The van der Waals surface area contributed by atoms with Gasteiger partial charge in [-0.05, 0) is 35.1 Å². The van der Waals surface area contributed by atoms with Crippen molar-refractivity contribution < 1.29 is 14.3 Å². The molecule has 3 nitrogen and oxygen atoms in total. The monoisotopic (exact) mass is 322 g/mol. The predicted molar refractivity (Wildman–Crippen MR) is 94.3 cm³/mol. The molecule has 0 heterocycles. The number of carbonyl (C=O) groups excluding carboxylic acids is 1. The van der Waals surface area contributed by atoms with Crippen molar-refractivity contribution in [3.8, 4) is 5.75 Å². The normalized spacial score (nSPS) is 20.9. The second-order valence-electron chi connectivity index (χ2n) is 6.09. The van der Waals surface area contributed by atoms with E-state index in [4.69, 9.17) is 9.47 Å². The van der Waals surface area contributed by atoms with Crippen molar-refractivity contribution in [1.82, 2.24) is 0 Å². The predicted octanol–water partition coefficient (Wildman–Crippen LogP) is 4.46. The van der Waals surface area contributed by atoms with Gasteiger partial charge in [0, 0.05) is 18.9 Å². The number of ether oxygens (including phenoxy) is 2. The Morgan fingerprint density at radius 2 is 1.42 bits per heavy atom. The first-order valence-corrected chi connectivity index (χ1v) is 8.17. The lowest BCUT2D eigenvalue weighted by Gasteiger charge is -2.26.